The van der Waals surface area contributed by atoms with E-state index >= 15 is 0 Å². The summed E-state index contributed by atoms with van der Waals surface area (Å²) in [5, 5.41) is 0.671. The zero-order valence-electron chi connectivity index (χ0n) is 10.8. The second-order valence-corrected chi connectivity index (χ2v) is 5.69. The molecule has 2 heterocycles. The fraction of sp³-hybridized carbons (Fsp3) is 0.0625. The number of hydrogen-bond acceptors (Lipinski definition) is 2. The Hall–Kier alpha value is -1.71. The van der Waals surface area contributed by atoms with Crippen molar-refractivity contribution in [1.29, 1.82) is 0 Å². The van der Waals surface area contributed by atoms with Crippen LogP contribution in [0.2, 0.25) is 5.02 Å². The fourth-order valence-electron chi connectivity index (χ4n) is 2.37. The van der Waals surface area contributed by atoms with Gasteiger partial charge in [-0.15, -0.1) is 11.8 Å². The lowest BCUT2D eigenvalue weighted by Gasteiger charge is -2.07. The Balaban J connectivity index is 2.34. The first-order chi connectivity index (χ1) is 9.74. The summed E-state index contributed by atoms with van der Waals surface area (Å²) in [5.74, 6) is 0. The highest BCUT2D eigenvalue weighted by atomic mass is 35.5. The van der Waals surface area contributed by atoms with Crippen molar-refractivity contribution in [2.75, 3.05) is 6.26 Å². The normalized spacial score (nSPS) is 10.9. The van der Waals surface area contributed by atoms with Crippen LogP contribution < -0.4 is 0 Å². The van der Waals surface area contributed by atoms with Crippen molar-refractivity contribution < 1.29 is 4.79 Å². The van der Waals surface area contributed by atoms with E-state index in [-0.39, 0.29) is 0 Å². The van der Waals surface area contributed by atoms with E-state index < -0.39 is 0 Å². The van der Waals surface area contributed by atoms with Crippen LogP contribution in [0.15, 0.2) is 53.6 Å². The summed E-state index contributed by atoms with van der Waals surface area (Å²) in [6.45, 7) is 0. The number of aromatic nitrogens is 1. The average molecular weight is 302 g/mol. The molecule has 0 amide bonds. The number of pyridine rings is 1. The van der Waals surface area contributed by atoms with Crippen molar-refractivity contribution >= 4 is 35.2 Å². The third-order valence-corrected chi connectivity index (χ3v) is 4.31. The van der Waals surface area contributed by atoms with E-state index in [4.69, 9.17) is 11.6 Å². The first-order valence-corrected chi connectivity index (χ1v) is 7.74. The predicted molar refractivity (Wildman–Crippen MR) is 85.0 cm³/mol. The molecule has 0 saturated carbocycles. The maximum Gasteiger partial charge on any atom is 0.167 e. The minimum absolute atomic E-state index is 0.651. The number of benzene rings is 1. The van der Waals surface area contributed by atoms with Crippen LogP contribution in [0, 0.1) is 0 Å². The monoisotopic (exact) mass is 301 g/mol. The molecule has 0 N–H and O–H groups in total. The number of carbonyl (C=O) groups is 1. The molecule has 2 aromatic heterocycles. The highest BCUT2D eigenvalue weighted by Crippen LogP contribution is 2.35. The van der Waals surface area contributed by atoms with Crippen LogP contribution >= 0.6 is 23.4 Å². The largest absolute Gasteiger partial charge is 0.314 e. The lowest BCUT2D eigenvalue weighted by atomic mass is 10.1. The fourth-order valence-corrected chi connectivity index (χ4v) is 3.14. The molecule has 3 rings (SSSR count). The summed E-state index contributed by atoms with van der Waals surface area (Å²) in [7, 11) is 0. The SMILES string of the molecule is CSc1ccc(Cl)cc1-c1cc2ccccn2c1C=O. The maximum absolute atomic E-state index is 11.5. The molecule has 4 heteroatoms. The van der Waals surface area contributed by atoms with Gasteiger partial charge in [-0.1, -0.05) is 17.7 Å². The highest BCUT2D eigenvalue weighted by Gasteiger charge is 2.14. The molecule has 20 heavy (non-hydrogen) atoms. The van der Waals surface area contributed by atoms with E-state index in [1.54, 1.807) is 11.8 Å². The molecule has 0 saturated heterocycles. The number of rotatable bonds is 3. The molecule has 0 bridgehead atoms. The first-order valence-electron chi connectivity index (χ1n) is 6.14. The maximum atomic E-state index is 11.5. The number of nitrogens with zero attached hydrogens (tertiary/aromatic N) is 1. The van der Waals surface area contributed by atoms with E-state index in [0.29, 0.717) is 10.7 Å². The van der Waals surface area contributed by atoms with Gasteiger partial charge in [-0.25, -0.2) is 0 Å². The van der Waals surface area contributed by atoms with Gasteiger partial charge in [0, 0.05) is 27.2 Å². The zero-order valence-corrected chi connectivity index (χ0v) is 12.4. The average Bonchev–Trinajstić information content (AvgIpc) is 2.85. The minimum Gasteiger partial charge on any atom is -0.314 e. The van der Waals surface area contributed by atoms with Crippen molar-refractivity contribution in [2.45, 2.75) is 4.90 Å². The van der Waals surface area contributed by atoms with Gasteiger partial charge in [0.2, 0.25) is 0 Å². The summed E-state index contributed by atoms with van der Waals surface area (Å²) in [6.07, 6.45) is 4.81. The van der Waals surface area contributed by atoms with Gasteiger partial charge in [-0.2, -0.15) is 0 Å². The van der Waals surface area contributed by atoms with Crippen molar-refractivity contribution in [3.8, 4) is 11.1 Å². The lowest BCUT2D eigenvalue weighted by molar-refractivity contribution is 0.111. The molecule has 0 aliphatic heterocycles. The molecule has 0 aliphatic carbocycles. The van der Waals surface area contributed by atoms with Crippen molar-refractivity contribution in [1.82, 2.24) is 4.40 Å². The smallest absolute Gasteiger partial charge is 0.167 e. The molecule has 0 spiro atoms. The summed E-state index contributed by atoms with van der Waals surface area (Å²) < 4.78 is 1.90. The third kappa shape index (κ3) is 2.13. The molecule has 2 nitrogen and oxygen atoms in total. The summed E-state index contributed by atoms with van der Waals surface area (Å²) in [6, 6.07) is 13.6. The molecule has 100 valence electrons. The Kier molecular flexibility index (Phi) is 3.55. The van der Waals surface area contributed by atoms with Crippen molar-refractivity contribution in [3.63, 3.8) is 0 Å². The van der Waals surface area contributed by atoms with Crippen LogP contribution in [0.4, 0.5) is 0 Å². The van der Waals surface area contributed by atoms with Gasteiger partial charge in [0.1, 0.15) is 0 Å². The number of carbonyl (C=O) groups excluding carboxylic acids is 1. The summed E-state index contributed by atoms with van der Waals surface area (Å²) in [4.78, 5) is 12.6. The quantitative estimate of drug-likeness (QED) is 0.512. The molecule has 3 aromatic rings. The van der Waals surface area contributed by atoms with Gasteiger partial charge >= 0.3 is 0 Å². The van der Waals surface area contributed by atoms with Gasteiger partial charge in [-0.05, 0) is 48.2 Å². The summed E-state index contributed by atoms with van der Waals surface area (Å²) in [5.41, 5.74) is 3.56. The van der Waals surface area contributed by atoms with E-state index in [0.717, 1.165) is 27.8 Å². The molecule has 0 unspecified atom stereocenters. The van der Waals surface area contributed by atoms with Crippen molar-refractivity contribution in [2.24, 2.45) is 0 Å². The molecule has 0 aliphatic rings. The summed E-state index contributed by atoms with van der Waals surface area (Å²) >= 11 is 7.76. The highest BCUT2D eigenvalue weighted by molar-refractivity contribution is 7.98. The second kappa shape index (κ2) is 5.35. The molecule has 0 radical (unpaired) electrons. The van der Waals surface area contributed by atoms with Crippen LogP contribution in [0.3, 0.4) is 0 Å². The van der Waals surface area contributed by atoms with Gasteiger partial charge in [0.05, 0.1) is 5.69 Å². The van der Waals surface area contributed by atoms with E-state index in [1.165, 1.54) is 0 Å². The third-order valence-electron chi connectivity index (χ3n) is 3.28. The lowest BCUT2D eigenvalue weighted by Crippen LogP contribution is -1.92. The standard InChI is InChI=1S/C16H12ClNOS/c1-20-16-6-5-11(17)8-14(16)13-9-12-4-2-3-7-18(12)15(13)10-19/h2-10H,1H3. The Morgan fingerprint density at radius 2 is 2.00 bits per heavy atom. The number of halogens is 1. The van der Waals surface area contributed by atoms with Crippen LogP contribution in [0.5, 0.6) is 0 Å². The Morgan fingerprint density at radius 1 is 1.15 bits per heavy atom. The van der Waals surface area contributed by atoms with Crippen molar-refractivity contribution in [3.05, 3.63) is 59.4 Å². The van der Waals surface area contributed by atoms with Gasteiger partial charge in [0.25, 0.3) is 0 Å². The van der Waals surface area contributed by atoms with E-state index in [1.807, 2.05) is 59.3 Å². The Morgan fingerprint density at radius 3 is 2.75 bits per heavy atom. The number of hydrogen-bond donors (Lipinski definition) is 0. The van der Waals surface area contributed by atoms with Crippen LogP contribution in [0.25, 0.3) is 16.6 Å². The first kappa shape index (κ1) is 13.3. The zero-order chi connectivity index (χ0) is 14.1. The molecule has 1 aromatic carbocycles. The van der Waals surface area contributed by atoms with Crippen LogP contribution in [0.1, 0.15) is 10.5 Å². The van der Waals surface area contributed by atoms with Gasteiger partial charge in [-0.3, -0.25) is 4.79 Å². The Bertz CT molecular complexity index is 794. The molecule has 0 atom stereocenters. The van der Waals surface area contributed by atoms with E-state index in [9.17, 15) is 4.79 Å². The molecule has 0 fully saturated rings. The Labute approximate surface area is 126 Å². The van der Waals surface area contributed by atoms with Crippen LogP contribution in [-0.2, 0) is 0 Å². The van der Waals surface area contributed by atoms with Crippen LogP contribution in [-0.4, -0.2) is 16.9 Å². The second-order valence-electron chi connectivity index (χ2n) is 4.40. The number of fused-ring (bicyclic) bond motifs is 1. The number of aldehydes is 1. The minimum atomic E-state index is 0.651. The molecular formula is C16H12ClNOS. The topological polar surface area (TPSA) is 21.5 Å². The molecular weight excluding hydrogens is 290 g/mol. The number of thioether (sulfide) groups is 1. The van der Waals surface area contributed by atoms with E-state index in [2.05, 4.69) is 0 Å². The van der Waals surface area contributed by atoms with Gasteiger partial charge < -0.3 is 4.40 Å². The predicted octanol–water partition coefficient (Wildman–Crippen LogP) is 4.79. The van der Waals surface area contributed by atoms with Gasteiger partial charge in [0.15, 0.2) is 6.29 Å².